The van der Waals surface area contributed by atoms with Crippen molar-refractivity contribution in [1.82, 2.24) is 0 Å². The van der Waals surface area contributed by atoms with E-state index in [0.717, 1.165) is 12.8 Å². The Hall–Kier alpha value is -0.750. The third-order valence-corrected chi connectivity index (χ3v) is 3.03. The second-order valence-corrected chi connectivity index (χ2v) is 4.92. The number of hydrogen-bond donors (Lipinski definition) is 1. The molecule has 106 valence electrons. The molecule has 0 spiro atoms. The Morgan fingerprint density at radius 1 is 1.11 bits per heavy atom. The molecule has 0 saturated carbocycles. The van der Waals surface area contributed by atoms with Crippen LogP contribution in [0, 0.1) is 0 Å². The van der Waals surface area contributed by atoms with E-state index < -0.39 is 5.97 Å². The van der Waals surface area contributed by atoms with Crippen molar-refractivity contribution >= 4 is 23.7 Å². The smallest absolute Gasteiger partial charge is 0.306 e. The number of carboxylic acid groups (broad SMARTS) is 1. The van der Waals surface area contributed by atoms with Crippen LogP contribution in [0.1, 0.15) is 32.6 Å². The van der Waals surface area contributed by atoms with Crippen molar-refractivity contribution in [2.75, 3.05) is 31.3 Å². The lowest BCUT2D eigenvalue weighted by molar-refractivity contribution is -0.144. The highest BCUT2D eigenvalue weighted by molar-refractivity contribution is 7.99. The number of aliphatic carboxylic acids is 1. The Morgan fingerprint density at radius 2 is 1.83 bits per heavy atom. The predicted molar refractivity (Wildman–Crippen MR) is 70.9 cm³/mol. The number of carbonyl (C=O) groups is 2. The first-order valence-corrected chi connectivity index (χ1v) is 7.35. The number of hydrogen-bond acceptors (Lipinski definition) is 5. The van der Waals surface area contributed by atoms with Crippen molar-refractivity contribution in [3.8, 4) is 0 Å². The lowest BCUT2D eigenvalue weighted by Crippen LogP contribution is -2.11. The van der Waals surface area contributed by atoms with Crippen LogP contribution < -0.4 is 0 Å². The van der Waals surface area contributed by atoms with Gasteiger partial charge in [-0.3, -0.25) is 9.59 Å². The molecule has 0 bridgehead atoms. The van der Waals surface area contributed by atoms with Gasteiger partial charge in [-0.15, -0.1) is 0 Å². The minimum Gasteiger partial charge on any atom is -0.481 e. The molecule has 1 N–H and O–H groups in total. The zero-order valence-electron chi connectivity index (χ0n) is 10.9. The van der Waals surface area contributed by atoms with E-state index in [1.807, 2.05) is 0 Å². The van der Waals surface area contributed by atoms with Crippen LogP contribution in [0.25, 0.3) is 0 Å². The maximum atomic E-state index is 11.2. The molecule has 0 saturated heterocycles. The fourth-order valence-electron chi connectivity index (χ4n) is 1.05. The summed E-state index contributed by atoms with van der Waals surface area (Å²) in [5.74, 6) is 0.0668. The van der Waals surface area contributed by atoms with E-state index in [-0.39, 0.29) is 12.4 Å². The van der Waals surface area contributed by atoms with Gasteiger partial charge in [0, 0.05) is 18.1 Å². The summed E-state index contributed by atoms with van der Waals surface area (Å²) < 4.78 is 10.2. The van der Waals surface area contributed by atoms with E-state index in [0.29, 0.717) is 37.7 Å². The summed E-state index contributed by atoms with van der Waals surface area (Å²) in [5.41, 5.74) is 0. The fourth-order valence-corrected chi connectivity index (χ4v) is 1.89. The maximum Gasteiger partial charge on any atom is 0.306 e. The number of esters is 1. The number of carboxylic acids is 1. The lowest BCUT2D eigenvalue weighted by atomic mass is 10.4. The van der Waals surface area contributed by atoms with Gasteiger partial charge in [0.2, 0.25) is 0 Å². The van der Waals surface area contributed by atoms with Crippen molar-refractivity contribution < 1.29 is 24.2 Å². The standard InChI is InChI=1S/C12H22O5S/c1-2-3-6-16-7-8-17-12(15)5-10-18-9-4-11(13)14/h2-10H2,1H3,(H,13,14). The van der Waals surface area contributed by atoms with Crippen LogP contribution in [0.4, 0.5) is 0 Å². The van der Waals surface area contributed by atoms with Gasteiger partial charge in [0.05, 0.1) is 19.4 Å². The summed E-state index contributed by atoms with van der Waals surface area (Å²) >= 11 is 1.45. The van der Waals surface area contributed by atoms with Crippen molar-refractivity contribution in [2.45, 2.75) is 32.6 Å². The topological polar surface area (TPSA) is 72.8 Å². The molecule has 5 nitrogen and oxygen atoms in total. The van der Waals surface area contributed by atoms with Gasteiger partial charge in [-0.25, -0.2) is 0 Å². The van der Waals surface area contributed by atoms with E-state index in [2.05, 4.69) is 6.92 Å². The molecule has 0 amide bonds. The monoisotopic (exact) mass is 278 g/mol. The zero-order valence-corrected chi connectivity index (χ0v) is 11.7. The van der Waals surface area contributed by atoms with E-state index in [1.54, 1.807) is 0 Å². The summed E-state index contributed by atoms with van der Waals surface area (Å²) in [5, 5.41) is 8.41. The van der Waals surface area contributed by atoms with E-state index in [9.17, 15) is 9.59 Å². The Labute approximate surface area is 112 Å². The van der Waals surface area contributed by atoms with E-state index >= 15 is 0 Å². The fraction of sp³-hybridized carbons (Fsp3) is 0.833. The molecule has 0 aromatic rings. The highest BCUT2D eigenvalue weighted by Crippen LogP contribution is 2.05. The molecule has 0 aromatic carbocycles. The highest BCUT2D eigenvalue weighted by Gasteiger charge is 2.03. The minimum absolute atomic E-state index is 0.130. The van der Waals surface area contributed by atoms with Crippen LogP contribution in [0.2, 0.25) is 0 Å². The van der Waals surface area contributed by atoms with Crippen molar-refractivity contribution in [2.24, 2.45) is 0 Å². The molecular weight excluding hydrogens is 256 g/mol. The van der Waals surface area contributed by atoms with Crippen LogP contribution >= 0.6 is 11.8 Å². The molecule has 0 aliphatic heterocycles. The highest BCUT2D eigenvalue weighted by atomic mass is 32.2. The lowest BCUT2D eigenvalue weighted by Gasteiger charge is -2.05. The van der Waals surface area contributed by atoms with E-state index in [1.165, 1.54) is 11.8 Å². The maximum absolute atomic E-state index is 11.2. The van der Waals surface area contributed by atoms with Crippen molar-refractivity contribution in [1.29, 1.82) is 0 Å². The van der Waals surface area contributed by atoms with Gasteiger partial charge < -0.3 is 14.6 Å². The second-order valence-electron chi connectivity index (χ2n) is 3.69. The third kappa shape index (κ3) is 13.3. The second kappa shape index (κ2) is 12.7. The number of ether oxygens (including phenoxy) is 2. The normalized spacial score (nSPS) is 10.3. The SMILES string of the molecule is CCCCOCCOC(=O)CCSCCC(=O)O. The molecule has 0 heterocycles. The number of unbranched alkanes of at least 4 members (excludes halogenated alkanes) is 1. The molecule has 0 aliphatic carbocycles. The quantitative estimate of drug-likeness (QED) is 0.434. The average Bonchev–Trinajstić information content (AvgIpc) is 2.33. The summed E-state index contributed by atoms with van der Waals surface area (Å²) in [7, 11) is 0. The summed E-state index contributed by atoms with van der Waals surface area (Å²) in [4.78, 5) is 21.4. The Morgan fingerprint density at radius 3 is 2.50 bits per heavy atom. The molecule has 0 atom stereocenters. The first-order valence-electron chi connectivity index (χ1n) is 6.19. The average molecular weight is 278 g/mol. The Balaban J connectivity index is 3.20. The molecule has 0 aliphatic rings. The molecule has 0 aromatic heterocycles. The zero-order chi connectivity index (χ0) is 13.6. The van der Waals surface area contributed by atoms with Crippen molar-refractivity contribution in [3.63, 3.8) is 0 Å². The van der Waals surface area contributed by atoms with E-state index in [4.69, 9.17) is 14.6 Å². The molecule has 0 unspecified atom stereocenters. The summed E-state index contributed by atoms with van der Waals surface area (Å²) in [6.45, 7) is 3.53. The van der Waals surface area contributed by atoms with Gasteiger partial charge >= 0.3 is 11.9 Å². The Bertz CT molecular complexity index is 233. The molecule has 0 fully saturated rings. The molecule has 0 radical (unpaired) electrons. The Kier molecular flexibility index (Phi) is 12.2. The number of rotatable bonds is 12. The van der Waals surface area contributed by atoms with Crippen LogP contribution in [-0.2, 0) is 19.1 Å². The number of thioether (sulfide) groups is 1. The number of carbonyl (C=O) groups excluding carboxylic acids is 1. The first-order chi connectivity index (χ1) is 8.66. The van der Waals surface area contributed by atoms with Crippen LogP contribution in [0.5, 0.6) is 0 Å². The molecule has 0 rings (SSSR count). The van der Waals surface area contributed by atoms with Crippen LogP contribution in [0.15, 0.2) is 0 Å². The molecular formula is C12H22O5S. The largest absolute Gasteiger partial charge is 0.481 e. The van der Waals surface area contributed by atoms with Gasteiger partial charge in [0.1, 0.15) is 6.61 Å². The summed E-state index contributed by atoms with van der Waals surface area (Å²) in [6.07, 6.45) is 2.56. The first kappa shape index (κ1) is 17.2. The van der Waals surface area contributed by atoms with Crippen LogP contribution in [-0.4, -0.2) is 48.4 Å². The predicted octanol–water partition coefficient (Wildman–Crippen LogP) is 1.94. The molecule has 6 heteroatoms. The summed E-state index contributed by atoms with van der Waals surface area (Å²) in [6, 6.07) is 0. The minimum atomic E-state index is -0.811. The van der Waals surface area contributed by atoms with Gasteiger partial charge in [0.15, 0.2) is 0 Å². The third-order valence-electron chi connectivity index (χ3n) is 2.04. The van der Waals surface area contributed by atoms with Gasteiger partial charge in [-0.1, -0.05) is 13.3 Å². The van der Waals surface area contributed by atoms with Crippen molar-refractivity contribution in [3.05, 3.63) is 0 Å². The molecule has 18 heavy (non-hydrogen) atoms. The van der Waals surface area contributed by atoms with Crippen LogP contribution in [0.3, 0.4) is 0 Å². The van der Waals surface area contributed by atoms with Gasteiger partial charge in [0.25, 0.3) is 0 Å². The van der Waals surface area contributed by atoms with Gasteiger partial charge in [-0.05, 0) is 6.42 Å². The van der Waals surface area contributed by atoms with Gasteiger partial charge in [-0.2, -0.15) is 11.8 Å².